The summed E-state index contributed by atoms with van der Waals surface area (Å²) < 4.78 is 44.6. The van der Waals surface area contributed by atoms with Gasteiger partial charge >= 0.3 is 5.76 Å². The number of aromatic nitrogens is 2. The van der Waals surface area contributed by atoms with Crippen LogP contribution in [0, 0.1) is 5.82 Å². The lowest BCUT2D eigenvalue weighted by atomic mass is 10.3. The van der Waals surface area contributed by atoms with Gasteiger partial charge in [-0.1, -0.05) is 0 Å². The molecule has 7 nitrogen and oxygen atoms in total. The molecule has 9 heteroatoms. The second kappa shape index (κ2) is 4.70. The first-order valence-corrected chi connectivity index (χ1v) is 7.20. The maximum Gasteiger partial charge on any atom is 0.417 e. The highest BCUT2D eigenvalue weighted by Crippen LogP contribution is 2.20. The van der Waals surface area contributed by atoms with Crippen LogP contribution in [0.4, 0.5) is 10.1 Å². The molecule has 0 fully saturated rings. The lowest BCUT2D eigenvalue weighted by Gasteiger charge is -2.07. The summed E-state index contributed by atoms with van der Waals surface area (Å²) in [5.74, 6) is -1.61. The van der Waals surface area contributed by atoms with Crippen LogP contribution in [0.2, 0.25) is 0 Å². The predicted molar refractivity (Wildman–Crippen MR) is 71.8 cm³/mol. The number of anilines is 1. The molecule has 0 spiro atoms. The summed E-state index contributed by atoms with van der Waals surface area (Å²) in [4.78, 5) is 16.9. The van der Waals surface area contributed by atoms with Crippen molar-refractivity contribution >= 4 is 26.8 Å². The highest BCUT2D eigenvalue weighted by atomic mass is 32.2. The zero-order chi connectivity index (χ0) is 15.0. The summed E-state index contributed by atoms with van der Waals surface area (Å²) in [5.41, 5.74) is 0.748. The molecule has 21 heavy (non-hydrogen) atoms. The predicted octanol–water partition coefficient (Wildman–Crippen LogP) is 1.46. The van der Waals surface area contributed by atoms with Crippen LogP contribution >= 0.6 is 0 Å². The van der Waals surface area contributed by atoms with Crippen LogP contribution in [0.5, 0.6) is 0 Å². The van der Waals surface area contributed by atoms with Gasteiger partial charge in [0.05, 0.1) is 11.2 Å². The molecule has 0 amide bonds. The average Bonchev–Trinajstić information content (AvgIpc) is 2.78. The van der Waals surface area contributed by atoms with E-state index in [-0.39, 0.29) is 11.3 Å². The SMILES string of the molecule is O=c1[nH]c2cc(NS(=O)(=O)c3ncccc3F)ccc2o1. The van der Waals surface area contributed by atoms with E-state index in [2.05, 4.69) is 14.7 Å². The molecule has 0 aliphatic rings. The molecule has 0 saturated carbocycles. The third-order valence-electron chi connectivity index (χ3n) is 2.65. The Morgan fingerprint density at radius 3 is 2.86 bits per heavy atom. The monoisotopic (exact) mass is 309 g/mol. The fourth-order valence-corrected chi connectivity index (χ4v) is 2.85. The van der Waals surface area contributed by atoms with E-state index in [4.69, 9.17) is 4.42 Å². The molecule has 0 saturated heterocycles. The summed E-state index contributed by atoms with van der Waals surface area (Å²) in [7, 11) is -4.16. The minimum atomic E-state index is -4.16. The zero-order valence-electron chi connectivity index (χ0n) is 10.3. The number of sulfonamides is 1. The van der Waals surface area contributed by atoms with E-state index in [0.29, 0.717) is 5.52 Å². The van der Waals surface area contributed by atoms with Gasteiger partial charge in [-0.05, 0) is 30.3 Å². The first-order valence-electron chi connectivity index (χ1n) is 5.72. The van der Waals surface area contributed by atoms with Gasteiger partial charge in [-0.2, -0.15) is 8.42 Å². The Kier molecular flexibility index (Phi) is 2.98. The normalized spacial score (nSPS) is 11.7. The Morgan fingerprint density at radius 2 is 2.10 bits per heavy atom. The van der Waals surface area contributed by atoms with Crippen molar-refractivity contribution in [1.82, 2.24) is 9.97 Å². The van der Waals surface area contributed by atoms with Crippen molar-refractivity contribution < 1.29 is 17.2 Å². The molecule has 2 heterocycles. The number of hydrogen-bond donors (Lipinski definition) is 2. The highest BCUT2D eigenvalue weighted by molar-refractivity contribution is 7.92. The van der Waals surface area contributed by atoms with E-state index in [0.717, 1.165) is 6.07 Å². The summed E-state index contributed by atoms with van der Waals surface area (Å²) >= 11 is 0. The molecule has 2 aromatic heterocycles. The number of nitrogens with one attached hydrogen (secondary N) is 2. The third-order valence-corrected chi connectivity index (χ3v) is 3.96. The lowest BCUT2D eigenvalue weighted by molar-refractivity contribution is 0.554. The van der Waals surface area contributed by atoms with Gasteiger partial charge in [-0.15, -0.1) is 0 Å². The van der Waals surface area contributed by atoms with E-state index in [9.17, 15) is 17.6 Å². The molecule has 0 unspecified atom stereocenters. The molecule has 3 aromatic rings. The molecule has 0 bridgehead atoms. The highest BCUT2D eigenvalue weighted by Gasteiger charge is 2.20. The van der Waals surface area contributed by atoms with Gasteiger partial charge in [-0.3, -0.25) is 9.71 Å². The topological polar surface area (TPSA) is 105 Å². The van der Waals surface area contributed by atoms with Crippen molar-refractivity contribution in [3.63, 3.8) is 0 Å². The van der Waals surface area contributed by atoms with Gasteiger partial charge < -0.3 is 4.42 Å². The zero-order valence-corrected chi connectivity index (χ0v) is 11.1. The fourth-order valence-electron chi connectivity index (χ4n) is 1.79. The maximum atomic E-state index is 13.5. The molecule has 108 valence electrons. The van der Waals surface area contributed by atoms with Gasteiger partial charge in [0.25, 0.3) is 10.0 Å². The minimum absolute atomic E-state index is 0.143. The molecule has 3 rings (SSSR count). The first kappa shape index (κ1) is 13.3. The Bertz CT molecular complexity index is 977. The number of nitrogens with zero attached hydrogens (tertiary/aromatic N) is 1. The number of pyridine rings is 1. The Balaban J connectivity index is 2.01. The Hall–Kier alpha value is -2.68. The molecule has 2 N–H and O–H groups in total. The number of fused-ring (bicyclic) bond motifs is 1. The second-order valence-electron chi connectivity index (χ2n) is 4.12. The smallest absolute Gasteiger partial charge is 0.408 e. The number of halogens is 1. The van der Waals surface area contributed by atoms with Crippen LogP contribution < -0.4 is 10.5 Å². The van der Waals surface area contributed by atoms with E-state index in [1.807, 2.05) is 0 Å². The quantitative estimate of drug-likeness (QED) is 0.762. The van der Waals surface area contributed by atoms with Crippen molar-refractivity contribution in [1.29, 1.82) is 0 Å². The van der Waals surface area contributed by atoms with Gasteiger partial charge in [0.1, 0.15) is 0 Å². The van der Waals surface area contributed by atoms with Crippen LogP contribution in [0.15, 0.2) is 50.8 Å². The molecule has 0 atom stereocenters. The van der Waals surface area contributed by atoms with Crippen molar-refractivity contribution in [2.75, 3.05) is 4.72 Å². The molecule has 0 radical (unpaired) electrons. The van der Waals surface area contributed by atoms with Gasteiger partial charge in [0.15, 0.2) is 11.4 Å². The number of rotatable bonds is 3. The fraction of sp³-hybridized carbons (Fsp3) is 0. The van der Waals surface area contributed by atoms with E-state index < -0.39 is 26.6 Å². The van der Waals surface area contributed by atoms with Crippen LogP contribution in [0.3, 0.4) is 0 Å². The number of oxazole rings is 1. The summed E-state index contributed by atoms with van der Waals surface area (Å²) in [6, 6.07) is 6.45. The van der Waals surface area contributed by atoms with Gasteiger partial charge in [0, 0.05) is 6.20 Å². The van der Waals surface area contributed by atoms with Gasteiger partial charge in [-0.25, -0.2) is 14.2 Å². The standard InChI is InChI=1S/C12H8FN3O4S/c13-8-2-1-5-14-11(8)21(18,19)16-7-3-4-10-9(6-7)15-12(17)20-10/h1-6,16H,(H,15,17). The Labute approximate surface area is 117 Å². The average molecular weight is 309 g/mol. The van der Waals surface area contributed by atoms with E-state index in [1.54, 1.807) is 0 Å². The minimum Gasteiger partial charge on any atom is -0.408 e. The summed E-state index contributed by atoms with van der Waals surface area (Å²) in [6.45, 7) is 0. The second-order valence-corrected chi connectivity index (χ2v) is 5.72. The van der Waals surface area contributed by atoms with Crippen LogP contribution in [-0.4, -0.2) is 18.4 Å². The largest absolute Gasteiger partial charge is 0.417 e. The van der Waals surface area contributed by atoms with Crippen LogP contribution in [-0.2, 0) is 10.0 Å². The number of hydrogen-bond acceptors (Lipinski definition) is 5. The number of H-pyrrole nitrogens is 1. The van der Waals surface area contributed by atoms with Crippen molar-refractivity contribution in [2.24, 2.45) is 0 Å². The van der Waals surface area contributed by atoms with Crippen molar-refractivity contribution in [3.8, 4) is 0 Å². The molecule has 0 aliphatic heterocycles. The number of aromatic amines is 1. The maximum absolute atomic E-state index is 13.5. The summed E-state index contributed by atoms with van der Waals surface area (Å²) in [6.07, 6.45) is 1.17. The van der Waals surface area contributed by atoms with Crippen molar-refractivity contribution in [3.05, 3.63) is 52.9 Å². The van der Waals surface area contributed by atoms with Crippen LogP contribution in [0.1, 0.15) is 0 Å². The third kappa shape index (κ3) is 2.50. The van der Waals surface area contributed by atoms with Crippen molar-refractivity contribution in [2.45, 2.75) is 5.03 Å². The van der Waals surface area contributed by atoms with Crippen LogP contribution in [0.25, 0.3) is 11.1 Å². The lowest BCUT2D eigenvalue weighted by Crippen LogP contribution is -2.16. The Morgan fingerprint density at radius 1 is 1.29 bits per heavy atom. The molecular formula is C12H8FN3O4S. The molecule has 0 aliphatic carbocycles. The first-order chi connectivity index (χ1) is 9.95. The summed E-state index contributed by atoms with van der Waals surface area (Å²) in [5, 5.41) is -0.703. The molecular weight excluding hydrogens is 301 g/mol. The van der Waals surface area contributed by atoms with E-state index in [1.165, 1.54) is 30.5 Å². The number of benzene rings is 1. The van der Waals surface area contributed by atoms with Gasteiger partial charge in [0.2, 0.25) is 5.03 Å². The van der Waals surface area contributed by atoms with E-state index >= 15 is 0 Å². The molecule has 1 aromatic carbocycles.